The number of hydrogen-bond acceptors (Lipinski definition) is 3. The molecule has 1 aliphatic heterocycles. The van der Waals surface area contributed by atoms with Gasteiger partial charge >= 0.3 is 0 Å². The van der Waals surface area contributed by atoms with Gasteiger partial charge in [0.05, 0.1) is 24.4 Å². The molecule has 8 aliphatic rings. The van der Waals surface area contributed by atoms with Crippen molar-refractivity contribution in [2.45, 2.75) is 146 Å². The molecule has 0 spiro atoms. The predicted octanol–water partition coefficient (Wildman–Crippen LogP) is 7.38. The number of hydrogen-bond donors (Lipinski definition) is 2. The summed E-state index contributed by atoms with van der Waals surface area (Å²) >= 11 is 0. The minimum atomic E-state index is -0.0829. The number of rotatable bonds is 1. The zero-order chi connectivity index (χ0) is 25.4. The van der Waals surface area contributed by atoms with Gasteiger partial charge in [0, 0.05) is 0 Å². The summed E-state index contributed by atoms with van der Waals surface area (Å²) in [5, 5.41) is 21.9. The Hall–Kier alpha value is -0.120. The van der Waals surface area contributed by atoms with Crippen molar-refractivity contribution in [3.63, 3.8) is 0 Å². The first-order valence-electron chi connectivity index (χ1n) is 17.7. The topological polar surface area (TPSA) is 49.7 Å². The fourth-order valence-electron chi connectivity index (χ4n) is 13.6. The van der Waals surface area contributed by atoms with E-state index in [0.717, 1.165) is 73.0 Å². The van der Waals surface area contributed by atoms with Gasteiger partial charge in [-0.25, -0.2) is 0 Å². The van der Waals surface area contributed by atoms with Gasteiger partial charge in [-0.05, 0) is 161 Å². The summed E-state index contributed by atoms with van der Waals surface area (Å²) < 4.78 is 7.26. The maximum atomic E-state index is 11.0. The first-order chi connectivity index (χ1) is 18.7. The Morgan fingerprint density at radius 2 is 0.868 bits per heavy atom. The molecule has 7 saturated carbocycles. The summed E-state index contributed by atoms with van der Waals surface area (Å²) in [5.74, 6) is 10.0. The standard InChI is InChI=1S/C35H56O3/c36-23-13-9-20-11-15-31-33(28(20)18-23)35(34-29-19-24(37)14-10-21(29)12-16-32(34)38-31)30-17-22-5-1-2-6-25(22)26-7-3-4-8-27(26)30/h20-37H,1-19H2. The molecule has 38 heavy (non-hydrogen) atoms. The van der Waals surface area contributed by atoms with Crippen LogP contribution in [-0.4, -0.2) is 34.6 Å². The second-order valence-electron chi connectivity index (χ2n) is 16.1. The fourth-order valence-corrected chi connectivity index (χ4v) is 13.6. The number of ether oxygens (including phenoxy) is 1. The molecule has 0 aromatic carbocycles. The molecule has 15 atom stereocenters. The van der Waals surface area contributed by atoms with Crippen LogP contribution in [0.15, 0.2) is 0 Å². The van der Waals surface area contributed by atoms with Gasteiger partial charge in [-0.15, -0.1) is 0 Å². The van der Waals surface area contributed by atoms with E-state index in [1.54, 1.807) is 0 Å². The largest absolute Gasteiger partial charge is 0.393 e. The van der Waals surface area contributed by atoms with Crippen molar-refractivity contribution >= 4 is 0 Å². The Morgan fingerprint density at radius 1 is 0.368 bits per heavy atom. The van der Waals surface area contributed by atoms with Crippen molar-refractivity contribution in [3.8, 4) is 0 Å². The van der Waals surface area contributed by atoms with Crippen molar-refractivity contribution < 1.29 is 14.9 Å². The van der Waals surface area contributed by atoms with Crippen LogP contribution in [-0.2, 0) is 4.74 Å². The quantitative estimate of drug-likeness (QED) is 0.376. The van der Waals surface area contributed by atoms with E-state index in [1.807, 2.05) is 0 Å². The van der Waals surface area contributed by atoms with Crippen molar-refractivity contribution in [1.29, 1.82) is 0 Å². The molecule has 0 radical (unpaired) electrons. The molecule has 3 heteroatoms. The maximum Gasteiger partial charge on any atom is 0.0612 e. The third-order valence-electron chi connectivity index (χ3n) is 14.8. The van der Waals surface area contributed by atoms with E-state index in [0.29, 0.717) is 35.9 Å². The molecule has 3 nitrogen and oxygen atoms in total. The molecule has 1 heterocycles. The van der Waals surface area contributed by atoms with E-state index >= 15 is 0 Å². The van der Waals surface area contributed by atoms with Crippen molar-refractivity contribution in [1.82, 2.24) is 0 Å². The summed E-state index contributed by atoms with van der Waals surface area (Å²) in [6.45, 7) is 0. The molecular weight excluding hydrogens is 468 g/mol. The van der Waals surface area contributed by atoms with Crippen LogP contribution >= 0.6 is 0 Å². The average Bonchev–Trinajstić information content (AvgIpc) is 2.95. The molecule has 8 fully saturated rings. The first-order valence-corrected chi connectivity index (χ1v) is 17.7. The van der Waals surface area contributed by atoms with E-state index in [2.05, 4.69) is 0 Å². The lowest BCUT2D eigenvalue weighted by Gasteiger charge is -2.64. The fraction of sp³-hybridized carbons (Fsp3) is 1.00. The lowest BCUT2D eigenvalue weighted by molar-refractivity contribution is -0.246. The zero-order valence-corrected chi connectivity index (χ0v) is 24.0. The van der Waals surface area contributed by atoms with Crippen LogP contribution in [0, 0.1) is 71.0 Å². The highest BCUT2D eigenvalue weighted by Gasteiger charge is 2.61. The third kappa shape index (κ3) is 4.21. The summed E-state index contributed by atoms with van der Waals surface area (Å²) in [6.07, 6.45) is 26.1. The summed E-state index contributed by atoms with van der Waals surface area (Å²) in [6, 6.07) is 0. The Bertz CT molecular complexity index is 801. The number of aliphatic hydroxyl groups is 2. The van der Waals surface area contributed by atoms with Crippen LogP contribution in [0.25, 0.3) is 0 Å². The van der Waals surface area contributed by atoms with Gasteiger partial charge in [0.25, 0.3) is 0 Å². The number of aliphatic hydroxyl groups excluding tert-OH is 2. The molecule has 0 bridgehead atoms. The lowest BCUT2D eigenvalue weighted by atomic mass is 9.44. The summed E-state index contributed by atoms with van der Waals surface area (Å²) in [7, 11) is 0. The molecule has 2 N–H and O–H groups in total. The smallest absolute Gasteiger partial charge is 0.0612 e. The molecule has 0 amide bonds. The van der Waals surface area contributed by atoms with Crippen molar-refractivity contribution in [2.75, 3.05) is 0 Å². The minimum absolute atomic E-state index is 0.0829. The van der Waals surface area contributed by atoms with Crippen LogP contribution in [0.5, 0.6) is 0 Å². The van der Waals surface area contributed by atoms with E-state index in [4.69, 9.17) is 4.74 Å². The van der Waals surface area contributed by atoms with Gasteiger partial charge in [0.2, 0.25) is 0 Å². The summed E-state index contributed by atoms with van der Waals surface area (Å²) in [4.78, 5) is 0. The molecule has 15 unspecified atom stereocenters. The van der Waals surface area contributed by atoms with Crippen LogP contribution in [0.2, 0.25) is 0 Å². The average molecular weight is 525 g/mol. The van der Waals surface area contributed by atoms with Gasteiger partial charge < -0.3 is 14.9 Å². The van der Waals surface area contributed by atoms with E-state index < -0.39 is 0 Å². The second-order valence-corrected chi connectivity index (χ2v) is 16.1. The third-order valence-corrected chi connectivity index (χ3v) is 14.8. The van der Waals surface area contributed by atoms with E-state index in [1.165, 1.54) is 96.3 Å². The monoisotopic (exact) mass is 524 g/mol. The Kier molecular flexibility index (Phi) is 6.94. The minimum Gasteiger partial charge on any atom is -0.393 e. The summed E-state index contributed by atoms with van der Waals surface area (Å²) in [5.41, 5.74) is 0. The van der Waals surface area contributed by atoms with Crippen LogP contribution in [0.4, 0.5) is 0 Å². The Labute approximate surface area is 232 Å². The SMILES string of the molecule is OC1CCC2CCC3OC4CCC5CCC(O)CC5C4C(C4CC5CCCCC5C5CCCCC54)C3C2C1. The normalized spacial score (nSPS) is 58.3. The van der Waals surface area contributed by atoms with Gasteiger partial charge in [-0.3, -0.25) is 0 Å². The van der Waals surface area contributed by atoms with Crippen LogP contribution in [0.1, 0.15) is 122 Å². The zero-order valence-electron chi connectivity index (χ0n) is 24.0. The van der Waals surface area contributed by atoms with E-state index in [-0.39, 0.29) is 12.2 Å². The molecule has 8 rings (SSSR count). The van der Waals surface area contributed by atoms with Gasteiger partial charge in [0.15, 0.2) is 0 Å². The highest BCUT2D eigenvalue weighted by atomic mass is 16.5. The van der Waals surface area contributed by atoms with Crippen LogP contribution < -0.4 is 0 Å². The molecule has 214 valence electrons. The van der Waals surface area contributed by atoms with Crippen molar-refractivity contribution in [2.24, 2.45) is 71.0 Å². The first kappa shape index (κ1) is 25.6. The second kappa shape index (κ2) is 10.3. The number of fused-ring (bicyclic) bond motifs is 9. The van der Waals surface area contributed by atoms with E-state index in [9.17, 15) is 10.2 Å². The molecular formula is C35H56O3. The van der Waals surface area contributed by atoms with Gasteiger partial charge in [-0.2, -0.15) is 0 Å². The molecule has 1 saturated heterocycles. The highest BCUT2D eigenvalue weighted by Crippen LogP contribution is 2.65. The lowest BCUT2D eigenvalue weighted by Crippen LogP contribution is -2.62. The van der Waals surface area contributed by atoms with Crippen molar-refractivity contribution in [3.05, 3.63) is 0 Å². The Balaban J connectivity index is 1.21. The Morgan fingerprint density at radius 3 is 1.47 bits per heavy atom. The molecule has 0 aromatic heterocycles. The highest BCUT2D eigenvalue weighted by molar-refractivity contribution is 5.09. The van der Waals surface area contributed by atoms with Gasteiger partial charge in [-0.1, -0.05) is 32.1 Å². The maximum absolute atomic E-state index is 11.0. The van der Waals surface area contributed by atoms with Gasteiger partial charge in [0.1, 0.15) is 0 Å². The molecule has 7 aliphatic carbocycles. The molecule has 0 aromatic rings. The predicted molar refractivity (Wildman–Crippen MR) is 150 cm³/mol. The van der Waals surface area contributed by atoms with Crippen LogP contribution in [0.3, 0.4) is 0 Å².